The molecule has 0 aliphatic carbocycles. The minimum absolute atomic E-state index is 0.215. The van der Waals surface area contributed by atoms with Gasteiger partial charge in [-0.05, 0) is 37.6 Å². The summed E-state index contributed by atoms with van der Waals surface area (Å²) in [5.41, 5.74) is 1.57. The molecule has 7 heteroatoms. The molecule has 5 nitrogen and oxygen atoms in total. The molecular formula is C19H19FN4OS. The van der Waals surface area contributed by atoms with E-state index < -0.39 is 5.25 Å². The van der Waals surface area contributed by atoms with Gasteiger partial charge in [-0.3, -0.25) is 4.79 Å². The lowest BCUT2D eigenvalue weighted by molar-refractivity contribution is -0.115. The fourth-order valence-electron chi connectivity index (χ4n) is 2.42. The molecule has 0 spiro atoms. The van der Waals surface area contributed by atoms with Crippen LogP contribution in [-0.2, 0) is 11.3 Å². The summed E-state index contributed by atoms with van der Waals surface area (Å²) in [6.07, 6.45) is 0. The molecule has 0 radical (unpaired) electrons. The van der Waals surface area contributed by atoms with Gasteiger partial charge in [0, 0.05) is 5.69 Å². The number of benzene rings is 2. The second kappa shape index (κ2) is 8.14. The third-order valence-corrected chi connectivity index (χ3v) is 4.91. The lowest BCUT2D eigenvalue weighted by Gasteiger charge is -2.13. The van der Waals surface area contributed by atoms with Crippen LogP contribution >= 0.6 is 11.8 Å². The van der Waals surface area contributed by atoms with E-state index in [9.17, 15) is 9.18 Å². The second-order valence-electron chi connectivity index (χ2n) is 5.86. The highest BCUT2D eigenvalue weighted by Crippen LogP contribution is 2.24. The Morgan fingerprint density at radius 3 is 2.69 bits per heavy atom. The molecule has 0 fully saturated rings. The monoisotopic (exact) mass is 370 g/mol. The molecule has 2 aromatic carbocycles. The molecule has 3 aromatic rings. The predicted molar refractivity (Wildman–Crippen MR) is 101 cm³/mol. The summed E-state index contributed by atoms with van der Waals surface area (Å²) in [5, 5.41) is 11.3. The Labute approximate surface area is 155 Å². The van der Waals surface area contributed by atoms with Crippen molar-refractivity contribution in [2.24, 2.45) is 0 Å². The molecule has 1 N–H and O–H groups in total. The van der Waals surface area contributed by atoms with Gasteiger partial charge in [-0.2, -0.15) is 0 Å². The maximum Gasteiger partial charge on any atom is 0.237 e. The molecule has 0 saturated heterocycles. The number of aryl methyl sites for hydroxylation is 1. The van der Waals surface area contributed by atoms with Crippen LogP contribution in [0.5, 0.6) is 0 Å². The SMILES string of the molecule is Cc1nnc(S[C@@H](C)C(=O)Nc2cccc(F)c2)n1Cc1ccccc1. The van der Waals surface area contributed by atoms with Crippen molar-refractivity contribution in [1.29, 1.82) is 0 Å². The van der Waals surface area contributed by atoms with Crippen LogP contribution in [0.4, 0.5) is 10.1 Å². The Bertz CT molecular complexity index is 898. The van der Waals surface area contributed by atoms with E-state index in [1.54, 1.807) is 19.1 Å². The van der Waals surface area contributed by atoms with Crippen molar-refractivity contribution in [1.82, 2.24) is 14.8 Å². The van der Waals surface area contributed by atoms with Crippen LogP contribution in [0.3, 0.4) is 0 Å². The largest absolute Gasteiger partial charge is 0.325 e. The van der Waals surface area contributed by atoms with E-state index in [1.165, 1.54) is 23.9 Å². The van der Waals surface area contributed by atoms with Gasteiger partial charge in [0.2, 0.25) is 5.91 Å². The Kier molecular flexibility index (Phi) is 5.68. The van der Waals surface area contributed by atoms with Gasteiger partial charge in [0.1, 0.15) is 11.6 Å². The number of carbonyl (C=O) groups is 1. The van der Waals surface area contributed by atoms with Crippen LogP contribution < -0.4 is 5.32 Å². The van der Waals surface area contributed by atoms with Gasteiger partial charge < -0.3 is 9.88 Å². The molecular weight excluding hydrogens is 351 g/mol. The van der Waals surface area contributed by atoms with E-state index in [0.29, 0.717) is 17.4 Å². The maximum absolute atomic E-state index is 13.3. The number of amides is 1. The third kappa shape index (κ3) is 4.49. The summed E-state index contributed by atoms with van der Waals surface area (Å²) < 4.78 is 15.2. The van der Waals surface area contributed by atoms with E-state index in [-0.39, 0.29) is 11.7 Å². The molecule has 1 aromatic heterocycles. The highest BCUT2D eigenvalue weighted by atomic mass is 32.2. The number of aromatic nitrogens is 3. The molecule has 26 heavy (non-hydrogen) atoms. The Balaban J connectivity index is 1.69. The van der Waals surface area contributed by atoms with Crippen molar-refractivity contribution in [2.45, 2.75) is 30.8 Å². The average molecular weight is 370 g/mol. The van der Waals surface area contributed by atoms with Crippen molar-refractivity contribution < 1.29 is 9.18 Å². The minimum Gasteiger partial charge on any atom is -0.325 e. The molecule has 1 atom stereocenters. The molecule has 0 aliphatic rings. The lowest BCUT2D eigenvalue weighted by Crippen LogP contribution is -2.23. The van der Waals surface area contributed by atoms with Crippen LogP contribution in [0.1, 0.15) is 18.3 Å². The lowest BCUT2D eigenvalue weighted by atomic mass is 10.2. The zero-order chi connectivity index (χ0) is 18.5. The Morgan fingerprint density at radius 1 is 1.19 bits per heavy atom. The number of hydrogen-bond donors (Lipinski definition) is 1. The summed E-state index contributed by atoms with van der Waals surface area (Å²) in [7, 11) is 0. The normalized spacial score (nSPS) is 12.0. The topological polar surface area (TPSA) is 59.8 Å². The molecule has 0 bridgehead atoms. The number of halogens is 1. The Hall–Kier alpha value is -2.67. The van der Waals surface area contributed by atoms with E-state index in [1.807, 2.05) is 41.8 Å². The van der Waals surface area contributed by atoms with E-state index >= 15 is 0 Å². The van der Waals surface area contributed by atoms with Gasteiger partial charge in [0.25, 0.3) is 0 Å². The number of anilines is 1. The first-order chi connectivity index (χ1) is 12.5. The minimum atomic E-state index is -0.406. The summed E-state index contributed by atoms with van der Waals surface area (Å²) >= 11 is 1.33. The van der Waals surface area contributed by atoms with Gasteiger partial charge in [-0.1, -0.05) is 48.2 Å². The molecule has 0 aliphatic heterocycles. The maximum atomic E-state index is 13.3. The van der Waals surface area contributed by atoms with E-state index in [2.05, 4.69) is 15.5 Å². The zero-order valence-corrected chi connectivity index (χ0v) is 15.3. The molecule has 1 amide bonds. The summed E-state index contributed by atoms with van der Waals surface area (Å²) in [6.45, 7) is 4.31. The fraction of sp³-hybridized carbons (Fsp3) is 0.211. The summed E-state index contributed by atoms with van der Waals surface area (Å²) in [5.74, 6) is 0.183. The van der Waals surface area contributed by atoms with Crippen LogP contribution in [0.15, 0.2) is 59.8 Å². The quantitative estimate of drug-likeness (QED) is 0.669. The molecule has 0 unspecified atom stereocenters. The van der Waals surface area contributed by atoms with Crippen LogP contribution in [0.25, 0.3) is 0 Å². The smallest absolute Gasteiger partial charge is 0.237 e. The first-order valence-electron chi connectivity index (χ1n) is 8.20. The van der Waals surface area contributed by atoms with Gasteiger partial charge in [-0.15, -0.1) is 10.2 Å². The van der Waals surface area contributed by atoms with Crippen LogP contribution in [-0.4, -0.2) is 25.9 Å². The molecule has 1 heterocycles. The van der Waals surface area contributed by atoms with Gasteiger partial charge >= 0.3 is 0 Å². The number of nitrogens with zero attached hydrogens (tertiary/aromatic N) is 3. The number of hydrogen-bond acceptors (Lipinski definition) is 4. The summed E-state index contributed by atoms with van der Waals surface area (Å²) in [4.78, 5) is 12.4. The van der Waals surface area contributed by atoms with Crippen LogP contribution in [0.2, 0.25) is 0 Å². The van der Waals surface area contributed by atoms with Crippen LogP contribution in [0, 0.1) is 12.7 Å². The number of thioether (sulfide) groups is 1. The summed E-state index contributed by atoms with van der Waals surface area (Å²) in [6, 6.07) is 15.8. The van der Waals surface area contributed by atoms with Crippen molar-refractivity contribution in [3.05, 3.63) is 71.8 Å². The van der Waals surface area contributed by atoms with E-state index in [0.717, 1.165) is 11.4 Å². The predicted octanol–water partition coefficient (Wildman–Crippen LogP) is 3.89. The van der Waals surface area contributed by atoms with Crippen molar-refractivity contribution >= 4 is 23.4 Å². The van der Waals surface area contributed by atoms with Gasteiger partial charge in [0.05, 0.1) is 11.8 Å². The molecule has 3 rings (SSSR count). The number of nitrogens with one attached hydrogen (secondary N) is 1. The standard InChI is InChI=1S/C19H19FN4OS/c1-13(18(25)21-17-10-6-9-16(20)11-17)26-19-23-22-14(2)24(19)12-15-7-4-3-5-8-15/h3-11,13H,12H2,1-2H3,(H,21,25)/t13-/m0/s1. The van der Waals surface area contributed by atoms with Crippen molar-refractivity contribution in [2.75, 3.05) is 5.32 Å². The second-order valence-corrected chi connectivity index (χ2v) is 7.17. The Morgan fingerprint density at radius 2 is 1.96 bits per heavy atom. The third-order valence-electron chi connectivity index (χ3n) is 3.83. The fourth-order valence-corrected chi connectivity index (χ4v) is 3.31. The van der Waals surface area contributed by atoms with Gasteiger partial charge in [-0.25, -0.2) is 4.39 Å². The van der Waals surface area contributed by atoms with Crippen molar-refractivity contribution in [3.63, 3.8) is 0 Å². The number of carbonyl (C=O) groups excluding carboxylic acids is 1. The zero-order valence-electron chi connectivity index (χ0n) is 14.5. The highest BCUT2D eigenvalue weighted by Gasteiger charge is 2.19. The first-order valence-corrected chi connectivity index (χ1v) is 9.07. The first kappa shape index (κ1) is 18.1. The van der Waals surface area contributed by atoms with Crippen molar-refractivity contribution in [3.8, 4) is 0 Å². The molecule has 0 saturated carbocycles. The number of rotatable bonds is 6. The van der Waals surface area contributed by atoms with E-state index in [4.69, 9.17) is 0 Å². The average Bonchev–Trinajstić information content (AvgIpc) is 2.96. The van der Waals surface area contributed by atoms with Gasteiger partial charge in [0.15, 0.2) is 5.16 Å². The highest BCUT2D eigenvalue weighted by molar-refractivity contribution is 8.00. The molecule has 134 valence electrons.